The molecule has 0 saturated carbocycles. The zero-order chi connectivity index (χ0) is 11.1. The van der Waals surface area contributed by atoms with Crippen LogP contribution in [0, 0.1) is 0 Å². The van der Waals surface area contributed by atoms with Crippen molar-refractivity contribution in [1.29, 1.82) is 0 Å². The molecule has 4 nitrogen and oxygen atoms in total. The minimum Gasteiger partial charge on any atom is -0.396 e. The maximum Gasteiger partial charge on any atom is 0.133 e. The fourth-order valence-corrected chi connectivity index (χ4v) is 2.12. The van der Waals surface area contributed by atoms with Gasteiger partial charge in [0.2, 0.25) is 0 Å². The van der Waals surface area contributed by atoms with Crippen molar-refractivity contribution in [1.82, 2.24) is 9.97 Å². The average molecular weight is 227 g/mol. The Bertz CT molecular complexity index is 307. The summed E-state index contributed by atoms with van der Waals surface area (Å²) in [5.74, 6) is 1.59. The summed E-state index contributed by atoms with van der Waals surface area (Å²) in [7, 11) is 0. The first kappa shape index (κ1) is 12.3. The highest BCUT2D eigenvalue weighted by Crippen LogP contribution is 2.24. The van der Waals surface area contributed by atoms with Gasteiger partial charge >= 0.3 is 0 Å². The highest BCUT2D eigenvalue weighted by Gasteiger charge is 2.08. The van der Waals surface area contributed by atoms with Crippen LogP contribution in [0.15, 0.2) is 11.4 Å². The molecule has 0 aliphatic rings. The van der Waals surface area contributed by atoms with Crippen molar-refractivity contribution in [3.05, 3.63) is 11.9 Å². The molecule has 0 fully saturated rings. The van der Waals surface area contributed by atoms with Gasteiger partial charge in [-0.15, -0.1) is 11.8 Å². The third kappa shape index (κ3) is 3.35. The number of aromatic nitrogens is 2. The molecule has 84 valence electrons. The van der Waals surface area contributed by atoms with E-state index in [1.165, 1.54) is 0 Å². The highest BCUT2D eigenvalue weighted by molar-refractivity contribution is 7.99. The molecule has 0 bridgehead atoms. The minimum absolute atomic E-state index is 0.175. The first-order valence-corrected chi connectivity index (χ1v) is 6.13. The highest BCUT2D eigenvalue weighted by atomic mass is 32.2. The smallest absolute Gasteiger partial charge is 0.133 e. The molecule has 0 saturated heterocycles. The van der Waals surface area contributed by atoms with Crippen molar-refractivity contribution in [2.75, 3.05) is 24.2 Å². The Balaban J connectivity index is 2.88. The van der Waals surface area contributed by atoms with Crippen molar-refractivity contribution >= 4 is 17.6 Å². The molecule has 0 aliphatic heterocycles. The van der Waals surface area contributed by atoms with Crippen molar-refractivity contribution in [3.8, 4) is 0 Å². The molecule has 0 amide bonds. The van der Waals surface area contributed by atoms with Crippen LogP contribution in [0.1, 0.15) is 19.4 Å². The Morgan fingerprint density at radius 1 is 1.40 bits per heavy atom. The molecule has 1 aromatic rings. The summed E-state index contributed by atoms with van der Waals surface area (Å²) in [4.78, 5) is 8.44. The molecule has 1 heterocycles. The average Bonchev–Trinajstić information content (AvgIpc) is 2.27. The molecule has 0 unspecified atom stereocenters. The van der Waals surface area contributed by atoms with Crippen LogP contribution < -0.4 is 5.32 Å². The first-order valence-electron chi connectivity index (χ1n) is 5.14. The lowest BCUT2D eigenvalue weighted by atomic mass is 10.2. The second kappa shape index (κ2) is 6.63. The summed E-state index contributed by atoms with van der Waals surface area (Å²) >= 11 is 1.57. The molecular weight excluding hydrogens is 210 g/mol. The Morgan fingerprint density at radius 3 is 2.80 bits per heavy atom. The fourth-order valence-electron chi connectivity index (χ4n) is 1.30. The quantitative estimate of drug-likeness (QED) is 0.570. The van der Waals surface area contributed by atoms with E-state index in [2.05, 4.69) is 22.2 Å². The molecule has 2 N–H and O–H groups in total. The van der Waals surface area contributed by atoms with Crippen LogP contribution >= 0.6 is 11.8 Å². The summed E-state index contributed by atoms with van der Waals surface area (Å²) in [6.07, 6.45) is 2.47. The largest absolute Gasteiger partial charge is 0.396 e. The number of hydrogen-bond acceptors (Lipinski definition) is 5. The number of aliphatic hydroxyl groups is 1. The fraction of sp³-hybridized carbons (Fsp3) is 0.600. The predicted molar refractivity (Wildman–Crippen MR) is 63.4 cm³/mol. The van der Waals surface area contributed by atoms with E-state index in [0.29, 0.717) is 5.75 Å². The number of nitrogens with one attached hydrogen (secondary N) is 1. The number of thioether (sulfide) groups is 1. The maximum absolute atomic E-state index is 8.78. The number of anilines is 1. The lowest BCUT2D eigenvalue weighted by Gasteiger charge is -2.11. The van der Waals surface area contributed by atoms with Crippen LogP contribution in [0.2, 0.25) is 0 Å². The van der Waals surface area contributed by atoms with Crippen LogP contribution in [-0.2, 0) is 6.42 Å². The summed E-state index contributed by atoms with van der Waals surface area (Å²) < 4.78 is 0. The number of nitrogens with zero attached hydrogens (tertiary/aromatic N) is 2. The van der Waals surface area contributed by atoms with Gasteiger partial charge in [-0.05, 0) is 13.3 Å². The van der Waals surface area contributed by atoms with Gasteiger partial charge in [-0.3, -0.25) is 0 Å². The predicted octanol–water partition coefficient (Wildman–Crippen LogP) is 1.56. The Kier molecular flexibility index (Phi) is 5.42. The van der Waals surface area contributed by atoms with Gasteiger partial charge in [-0.25, -0.2) is 9.97 Å². The van der Waals surface area contributed by atoms with Crippen molar-refractivity contribution in [2.24, 2.45) is 0 Å². The van der Waals surface area contributed by atoms with Crippen molar-refractivity contribution < 1.29 is 5.11 Å². The van der Waals surface area contributed by atoms with Crippen LogP contribution in [0.4, 0.5) is 5.82 Å². The van der Waals surface area contributed by atoms with E-state index in [1.54, 1.807) is 18.1 Å². The molecular formula is C10H17N3OS. The zero-order valence-electron chi connectivity index (χ0n) is 9.16. The summed E-state index contributed by atoms with van der Waals surface area (Å²) in [5, 5.41) is 13.0. The van der Waals surface area contributed by atoms with E-state index in [4.69, 9.17) is 5.11 Å². The Hall–Kier alpha value is -0.810. The second-order valence-corrected chi connectivity index (χ2v) is 4.05. The first-order chi connectivity index (χ1) is 7.33. The van der Waals surface area contributed by atoms with Gasteiger partial charge in [0.15, 0.2) is 0 Å². The Labute approximate surface area is 94.5 Å². The van der Waals surface area contributed by atoms with Crippen molar-refractivity contribution in [3.63, 3.8) is 0 Å². The van der Waals surface area contributed by atoms with Gasteiger partial charge in [0.05, 0.1) is 6.61 Å². The van der Waals surface area contributed by atoms with E-state index >= 15 is 0 Å². The van der Waals surface area contributed by atoms with E-state index in [-0.39, 0.29) is 6.61 Å². The molecule has 5 heteroatoms. The SMILES string of the molecule is CCNc1ncnc(SCCO)c1CC. The molecule has 0 spiro atoms. The zero-order valence-corrected chi connectivity index (χ0v) is 9.97. The van der Waals surface area contributed by atoms with Crippen LogP contribution in [-0.4, -0.2) is 34.0 Å². The van der Waals surface area contributed by atoms with Gasteiger partial charge in [-0.2, -0.15) is 0 Å². The number of rotatable bonds is 6. The third-order valence-corrected chi connectivity index (χ3v) is 2.95. The standard InChI is InChI=1S/C10H17N3OS/c1-3-8-9(11-4-2)12-7-13-10(8)15-6-5-14/h7,14H,3-6H2,1-2H3,(H,11,12,13). The van der Waals surface area contributed by atoms with Crippen LogP contribution in [0.25, 0.3) is 0 Å². The van der Waals surface area contributed by atoms with Gasteiger partial charge in [-0.1, -0.05) is 6.92 Å². The van der Waals surface area contributed by atoms with Gasteiger partial charge < -0.3 is 10.4 Å². The molecule has 1 aromatic heterocycles. The lowest BCUT2D eigenvalue weighted by Crippen LogP contribution is -2.05. The second-order valence-electron chi connectivity index (χ2n) is 2.96. The third-order valence-electron chi connectivity index (χ3n) is 1.93. The van der Waals surface area contributed by atoms with E-state index in [9.17, 15) is 0 Å². The molecule has 0 atom stereocenters. The Morgan fingerprint density at radius 2 is 2.20 bits per heavy atom. The van der Waals surface area contributed by atoms with Crippen molar-refractivity contribution in [2.45, 2.75) is 25.3 Å². The molecule has 1 rings (SSSR count). The van der Waals surface area contributed by atoms with Gasteiger partial charge in [0.25, 0.3) is 0 Å². The monoisotopic (exact) mass is 227 g/mol. The molecule has 15 heavy (non-hydrogen) atoms. The lowest BCUT2D eigenvalue weighted by molar-refractivity contribution is 0.322. The molecule has 0 radical (unpaired) electrons. The molecule has 0 aliphatic carbocycles. The molecule has 0 aromatic carbocycles. The topological polar surface area (TPSA) is 58.0 Å². The summed E-state index contributed by atoms with van der Waals surface area (Å²) in [5.41, 5.74) is 1.14. The summed E-state index contributed by atoms with van der Waals surface area (Å²) in [6.45, 7) is 5.16. The minimum atomic E-state index is 0.175. The normalized spacial score (nSPS) is 10.3. The van der Waals surface area contributed by atoms with E-state index in [1.807, 2.05) is 6.92 Å². The van der Waals surface area contributed by atoms with Crippen LogP contribution in [0.3, 0.4) is 0 Å². The summed E-state index contributed by atoms with van der Waals surface area (Å²) in [6, 6.07) is 0. The van der Waals surface area contributed by atoms with E-state index < -0.39 is 0 Å². The number of hydrogen-bond donors (Lipinski definition) is 2. The number of aliphatic hydroxyl groups excluding tert-OH is 1. The van der Waals surface area contributed by atoms with E-state index in [0.717, 1.165) is 29.4 Å². The van der Waals surface area contributed by atoms with Gasteiger partial charge in [0, 0.05) is 17.9 Å². The van der Waals surface area contributed by atoms with Crippen LogP contribution in [0.5, 0.6) is 0 Å². The van der Waals surface area contributed by atoms with Gasteiger partial charge in [0.1, 0.15) is 17.2 Å². The maximum atomic E-state index is 8.78.